The van der Waals surface area contributed by atoms with Gasteiger partial charge in [-0.3, -0.25) is 4.90 Å². The average Bonchev–Trinajstić information content (AvgIpc) is 3.57. The Morgan fingerprint density at radius 1 is 1.00 bits per heavy atom. The van der Waals surface area contributed by atoms with Crippen LogP contribution in [0.3, 0.4) is 0 Å². The maximum Gasteiger partial charge on any atom is 0.119 e. The number of hydrogen-bond donors (Lipinski definition) is 0. The van der Waals surface area contributed by atoms with Crippen molar-refractivity contribution in [2.45, 2.75) is 90.0 Å². The number of nitrogens with zero attached hydrogens (tertiary/aromatic N) is 2. The zero-order chi connectivity index (χ0) is 22.4. The lowest BCUT2D eigenvalue weighted by Gasteiger charge is -2.54. The third-order valence-electron chi connectivity index (χ3n) is 10.7. The molecule has 4 fully saturated rings. The van der Waals surface area contributed by atoms with Gasteiger partial charge in [-0.1, -0.05) is 19.9 Å². The minimum atomic E-state index is 0.551. The second kappa shape index (κ2) is 9.19. The van der Waals surface area contributed by atoms with E-state index < -0.39 is 0 Å². The molecule has 1 aromatic carbocycles. The fourth-order valence-electron chi connectivity index (χ4n) is 9.15. The number of rotatable bonds is 6. The standard InChI is InChI=1S/C30H46N2O/c1-22-20-23-21-24(33-19-7-16-31-14-3-4-15-31)8-9-25(23)26-12-13-30(2)27(29(22)26)10-11-28(30)32-17-5-6-18-32/h8-9,21-22,26-29H,3-7,10-20H2,1-2H3/t22-,26-,27+,28+,29-,30+/m1/s1. The van der Waals surface area contributed by atoms with Gasteiger partial charge in [-0.2, -0.15) is 0 Å². The molecule has 0 amide bonds. The van der Waals surface area contributed by atoms with Crippen molar-refractivity contribution in [3.05, 3.63) is 29.3 Å². The van der Waals surface area contributed by atoms with Crippen LogP contribution in [0.15, 0.2) is 18.2 Å². The van der Waals surface area contributed by atoms with Crippen molar-refractivity contribution < 1.29 is 4.74 Å². The molecule has 2 saturated carbocycles. The molecule has 3 heteroatoms. The molecule has 182 valence electrons. The van der Waals surface area contributed by atoms with Crippen LogP contribution in [0.5, 0.6) is 5.75 Å². The van der Waals surface area contributed by atoms with Crippen molar-refractivity contribution in [3.8, 4) is 5.75 Å². The Bertz CT molecular complexity index is 827. The molecule has 2 saturated heterocycles. The third-order valence-corrected chi connectivity index (χ3v) is 10.7. The normalized spacial score (nSPS) is 38.8. The van der Waals surface area contributed by atoms with Crippen LogP contribution in [0.25, 0.3) is 0 Å². The van der Waals surface area contributed by atoms with Crippen LogP contribution in [-0.4, -0.2) is 55.2 Å². The Balaban J connectivity index is 1.13. The van der Waals surface area contributed by atoms with Crippen molar-refractivity contribution in [1.29, 1.82) is 0 Å². The first kappa shape index (κ1) is 22.4. The molecule has 2 heterocycles. The van der Waals surface area contributed by atoms with E-state index in [1.165, 1.54) is 90.5 Å². The predicted molar refractivity (Wildman–Crippen MR) is 136 cm³/mol. The average molecular weight is 451 g/mol. The minimum Gasteiger partial charge on any atom is -0.494 e. The van der Waals surface area contributed by atoms with Crippen molar-refractivity contribution in [1.82, 2.24) is 9.80 Å². The first-order chi connectivity index (χ1) is 16.1. The van der Waals surface area contributed by atoms with E-state index in [9.17, 15) is 0 Å². The van der Waals surface area contributed by atoms with Crippen molar-refractivity contribution in [2.75, 3.05) is 39.3 Å². The van der Waals surface area contributed by atoms with E-state index in [0.29, 0.717) is 5.41 Å². The third kappa shape index (κ3) is 4.05. The summed E-state index contributed by atoms with van der Waals surface area (Å²) in [5, 5.41) is 0. The number of fused-ring (bicyclic) bond motifs is 5. The molecule has 6 atom stereocenters. The van der Waals surface area contributed by atoms with Gasteiger partial charge in [0, 0.05) is 12.6 Å². The van der Waals surface area contributed by atoms with Crippen molar-refractivity contribution >= 4 is 0 Å². The van der Waals surface area contributed by atoms with Gasteiger partial charge in [0.2, 0.25) is 0 Å². The highest BCUT2D eigenvalue weighted by molar-refractivity contribution is 5.41. The fraction of sp³-hybridized carbons (Fsp3) is 0.800. The van der Waals surface area contributed by atoms with Gasteiger partial charge in [0.15, 0.2) is 0 Å². The Kier molecular flexibility index (Phi) is 6.24. The summed E-state index contributed by atoms with van der Waals surface area (Å²) in [7, 11) is 0. The number of likely N-dealkylation sites (tertiary alicyclic amines) is 2. The molecule has 6 rings (SSSR count). The van der Waals surface area contributed by atoms with E-state index in [0.717, 1.165) is 48.5 Å². The first-order valence-corrected chi connectivity index (χ1v) is 14.4. The van der Waals surface area contributed by atoms with Crippen LogP contribution in [0.1, 0.15) is 88.7 Å². The van der Waals surface area contributed by atoms with E-state index in [2.05, 4.69) is 41.8 Å². The molecule has 2 aliphatic heterocycles. The molecule has 3 aliphatic carbocycles. The van der Waals surface area contributed by atoms with E-state index in [1.807, 2.05) is 0 Å². The topological polar surface area (TPSA) is 15.7 Å². The van der Waals surface area contributed by atoms with Gasteiger partial charge < -0.3 is 9.64 Å². The van der Waals surface area contributed by atoms with Gasteiger partial charge in [-0.25, -0.2) is 0 Å². The molecule has 0 radical (unpaired) electrons. The highest BCUT2D eigenvalue weighted by Gasteiger charge is 2.57. The second-order valence-corrected chi connectivity index (χ2v) is 12.5. The molecule has 0 spiro atoms. The molecular weight excluding hydrogens is 404 g/mol. The summed E-state index contributed by atoms with van der Waals surface area (Å²) in [4.78, 5) is 5.47. The van der Waals surface area contributed by atoms with Crippen LogP contribution in [-0.2, 0) is 6.42 Å². The number of benzene rings is 1. The van der Waals surface area contributed by atoms with Gasteiger partial charge in [-0.15, -0.1) is 0 Å². The lowest BCUT2D eigenvalue weighted by molar-refractivity contribution is -0.0106. The van der Waals surface area contributed by atoms with Gasteiger partial charge >= 0.3 is 0 Å². The van der Waals surface area contributed by atoms with Gasteiger partial charge in [0.05, 0.1) is 6.61 Å². The maximum absolute atomic E-state index is 6.23. The zero-order valence-corrected chi connectivity index (χ0v) is 21.2. The molecule has 0 bridgehead atoms. The van der Waals surface area contributed by atoms with Gasteiger partial charge in [0.1, 0.15) is 5.75 Å². The van der Waals surface area contributed by atoms with Gasteiger partial charge in [-0.05, 0) is 143 Å². The predicted octanol–water partition coefficient (Wildman–Crippen LogP) is 6.12. The van der Waals surface area contributed by atoms with E-state index in [-0.39, 0.29) is 0 Å². The number of ether oxygens (including phenoxy) is 1. The monoisotopic (exact) mass is 450 g/mol. The van der Waals surface area contributed by atoms with E-state index in [4.69, 9.17) is 4.74 Å². The van der Waals surface area contributed by atoms with Crippen LogP contribution >= 0.6 is 0 Å². The largest absolute Gasteiger partial charge is 0.494 e. The molecule has 33 heavy (non-hydrogen) atoms. The Morgan fingerprint density at radius 3 is 2.61 bits per heavy atom. The van der Waals surface area contributed by atoms with Crippen LogP contribution in [0.4, 0.5) is 0 Å². The SMILES string of the molecule is C[C@@H]1Cc2cc(OCCCN3CCCC3)ccc2[C@H]2CC[C@]3(C)[C@@H](N4CCCC4)CC[C@H]3[C@H]12. The smallest absolute Gasteiger partial charge is 0.119 e. The highest BCUT2D eigenvalue weighted by Crippen LogP contribution is 2.63. The molecule has 0 aromatic heterocycles. The molecule has 1 aromatic rings. The lowest BCUT2D eigenvalue weighted by atomic mass is 9.52. The first-order valence-electron chi connectivity index (χ1n) is 14.4. The molecular formula is C30H46N2O. The summed E-state index contributed by atoms with van der Waals surface area (Å²) >= 11 is 0. The number of hydrogen-bond acceptors (Lipinski definition) is 3. The Hall–Kier alpha value is -1.06. The fourth-order valence-corrected chi connectivity index (χ4v) is 9.15. The summed E-state index contributed by atoms with van der Waals surface area (Å²) < 4.78 is 6.23. The maximum atomic E-state index is 6.23. The highest BCUT2D eigenvalue weighted by atomic mass is 16.5. The summed E-state index contributed by atoms with van der Waals surface area (Å²) in [6.07, 6.45) is 13.8. The summed E-state index contributed by atoms with van der Waals surface area (Å²) in [5.74, 6) is 4.50. The lowest BCUT2D eigenvalue weighted by Crippen LogP contribution is -2.51. The quantitative estimate of drug-likeness (QED) is 0.486. The zero-order valence-electron chi connectivity index (χ0n) is 21.2. The summed E-state index contributed by atoms with van der Waals surface area (Å²) in [5.41, 5.74) is 3.82. The van der Waals surface area contributed by atoms with E-state index >= 15 is 0 Å². The van der Waals surface area contributed by atoms with E-state index in [1.54, 1.807) is 11.1 Å². The van der Waals surface area contributed by atoms with Crippen LogP contribution in [0.2, 0.25) is 0 Å². The van der Waals surface area contributed by atoms with Crippen molar-refractivity contribution in [2.24, 2.45) is 23.2 Å². The van der Waals surface area contributed by atoms with Crippen molar-refractivity contribution in [3.63, 3.8) is 0 Å². The Morgan fingerprint density at radius 2 is 1.79 bits per heavy atom. The van der Waals surface area contributed by atoms with Gasteiger partial charge in [0.25, 0.3) is 0 Å². The minimum absolute atomic E-state index is 0.551. The molecule has 5 aliphatic rings. The molecule has 3 nitrogen and oxygen atoms in total. The van der Waals surface area contributed by atoms with Crippen LogP contribution in [0, 0.1) is 23.2 Å². The summed E-state index contributed by atoms with van der Waals surface area (Å²) in [6, 6.07) is 8.02. The molecule has 0 N–H and O–H groups in total. The second-order valence-electron chi connectivity index (χ2n) is 12.5. The summed E-state index contributed by atoms with van der Waals surface area (Å²) in [6.45, 7) is 12.6. The Labute approximate surface area is 202 Å². The van der Waals surface area contributed by atoms with Crippen LogP contribution < -0.4 is 4.74 Å². The molecule has 0 unspecified atom stereocenters.